The SMILES string of the molecule is C[C@@H](N[C@H]1CCN(c2ccc(OCCO)c(CC(=O)O)c2)C1)c1cccc2ccccc12. The Morgan fingerprint density at radius 2 is 2.00 bits per heavy atom. The van der Waals surface area contributed by atoms with Crippen LogP contribution in [0.25, 0.3) is 10.8 Å². The van der Waals surface area contributed by atoms with Gasteiger partial charge in [0.1, 0.15) is 12.4 Å². The predicted octanol–water partition coefficient (Wildman–Crippen LogP) is 3.77. The highest BCUT2D eigenvalue weighted by molar-refractivity contribution is 5.86. The maximum absolute atomic E-state index is 11.3. The summed E-state index contributed by atoms with van der Waals surface area (Å²) in [4.78, 5) is 13.6. The van der Waals surface area contributed by atoms with E-state index in [0.29, 0.717) is 17.4 Å². The van der Waals surface area contributed by atoms with Gasteiger partial charge in [0, 0.05) is 36.4 Å². The lowest BCUT2D eigenvalue weighted by Crippen LogP contribution is -2.34. The quantitative estimate of drug-likeness (QED) is 0.476. The zero-order chi connectivity index (χ0) is 22.5. The summed E-state index contributed by atoms with van der Waals surface area (Å²) in [7, 11) is 0. The van der Waals surface area contributed by atoms with Crippen molar-refractivity contribution in [2.75, 3.05) is 31.2 Å². The second-order valence-electron chi connectivity index (χ2n) is 8.32. The fourth-order valence-corrected chi connectivity index (χ4v) is 4.56. The van der Waals surface area contributed by atoms with Crippen molar-refractivity contribution in [3.05, 3.63) is 71.8 Å². The number of carboxylic acid groups (broad SMARTS) is 1. The number of anilines is 1. The lowest BCUT2D eigenvalue weighted by Gasteiger charge is -2.23. The van der Waals surface area contributed by atoms with E-state index >= 15 is 0 Å². The summed E-state index contributed by atoms with van der Waals surface area (Å²) in [5, 5.41) is 24.6. The molecule has 3 N–H and O–H groups in total. The third-order valence-electron chi connectivity index (χ3n) is 6.06. The predicted molar refractivity (Wildman–Crippen MR) is 126 cm³/mol. The zero-order valence-electron chi connectivity index (χ0n) is 18.3. The van der Waals surface area contributed by atoms with E-state index < -0.39 is 5.97 Å². The summed E-state index contributed by atoms with van der Waals surface area (Å²) in [6, 6.07) is 21.2. The van der Waals surface area contributed by atoms with E-state index in [0.717, 1.165) is 25.2 Å². The van der Waals surface area contributed by atoms with Gasteiger partial charge in [0.25, 0.3) is 0 Å². The number of hydrogen-bond donors (Lipinski definition) is 3. The molecule has 0 unspecified atom stereocenters. The number of hydrogen-bond acceptors (Lipinski definition) is 5. The van der Waals surface area contributed by atoms with Crippen LogP contribution in [0.1, 0.15) is 30.5 Å². The molecule has 1 aliphatic heterocycles. The number of benzene rings is 3. The highest BCUT2D eigenvalue weighted by Gasteiger charge is 2.25. The normalized spacial score (nSPS) is 16.9. The van der Waals surface area contributed by atoms with E-state index in [4.69, 9.17) is 9.84 Å². The topological polar surface area (TPSA) is 82.0 Å². The Bertz CT molecular complexity index is 1080. The van der Waals surface area contributed by atoms with Crippen LogP contribution >= 0.6 is 0 Å². The van der Waals surface area contributed by atoms with Gasteiger partial charge in [-0.3, -0.25) is 4.79 Å². The summed E-state index contributed by atoms with van der Waals surface area (Å²) >= 11 is 0. The second kappa shape index (κ2) is 10.0. The smallest absolute Gasteiger partial charge is 0.307 e. The van der Waals surface area contributed by atoms with Gasteiger partial charge in [-0.15, -0.1) is 0 Å². The van der Waals surface area contributed by atoms with Crippen LogP contribution in [-0.4, -0.2) is 48.5 Å². The molecular formula is C26H30N2O4. The van der Waals surface area contributed by atoms with Crippen molar-refractivity contribution in [1.29, 1.82) is 0 Å². The van der Waals surface area contributed by atoms with Crippen LogP contribution in [0.4, 0.5) is 5.69 Å². The molecule has 0 spiro atoms. The van der Waals surface area contributed by atoms with E-state index in [1.165, 1.54) is 16.3 Å². The molecule has 1 heterocycles. The highest BCUT2D eigenvalue weighted by Crippen LogP contribution is 2.30. The van der Waals surface area contributed by atoms with E-state index in [9.17, 15) is 9.90 Å². The van der Waals surface area contributed by atoms with Crippen LogP contribution in [0.3, 0.4) is 0 Å². The molecule has 1 saturated heterocycles. The molecule has 32 heavy (non-hydrogen) atoms. The van der Waals surface area contributed by atoms with Crippen molar-refractivity contribution in [2.24, 2.45) is 0 Å². The molecule has 0 amide bonds. The number of aliphatic carboxylic acids is 1. The van der Waals surface area contributed by atoms with E-state index in [1.54, 1.807) is 0 Å². The van der Waals surface area contributed by atoms with Crippen LogP contribution in [0.5, 0.6) is 5.75 Å². The van der Waals surface area contributed by atoms with Crippen molar-refractivity contribution in [2.45, 2.75) is 31.8 Å². The molecule has 6 heteroatoms. The number of aliphatic hydroxyl groups excluding tert-OH is 1. The minimum atomic E-state index is -0.902. The molecule has 3 aromatic rings. The molecule has 0 aromatic heterocycles. The Labute approximate surface area is 188 Å². The zero-order valence-corrected chi connectivity index (χ0v) is 18.3. The number of nitrogens with one attached hydrogen (secondary N) is 1. The van der Waals surface area contributed by atoms with Crippen LogP contribution in [-0.2, 0) is 11.2 Å². The molecule has 1 fully saturated rings. The first-order chi connectivity index (χ1) is 15.5. The minimum absolute atomic E-state index is 0.109. The van der Waals surface area contributed by atoms with Crippen molar-refractivity contribution >= 4 is 22.4 Å². The standard InChI is InChI=1S/C26H30N2O4/c1-18(23-8-4-6-19-5-2-3-7-24(19)23)27-21-11-12-28(17-21)22-9-10-25(32-14-13-29)20(15-22)16-26(30)31/h2-10,15,18,21,27,29H,11-14,16-17H2,1H3,(H,30,31)/t18-,21+/m1/s1. The highest BCUT2D eigenvalue weighted by atomic mass is 16.5. The first-order valence-electron chi connectivity index (χ1n) is 11.1. The van der Waals surface area contributed by atoms with Gasteiger partial charge in [0.2, 0.25) is 0 Å². The van der Waals surface area contributed by atoms with Crippen LogP contribution in [0.15, 0.2) is 60.7 Å². The molecule has 1 aliphatic rings. The van der Waals surface area contributed by atoms with Gasteiger partial charge in [-0.05, 0) is 47.9 Å². The molecular weight excluding hydrogens is 404 g/mol. The summed E-state index contributed by atoms with van der Waals surface area (Å²) in [5.41, 5.74) is 2.93. The molecule has 6 nitrogen and oxygen atoms in total. The molecule has 0 aliphatic carbocycles. The number of ether oxygens (including phenoxy) is 1. The van der Waals surface area contributed by atoms with Gasteiger partial charge in [-0.1, -0.05) is 42.5 Å². The Kier molecular flexibility index (Phi) is 6.93. The number of aliphatic hydroxyl groups is 1. The molecule has 4 rings (SSSR count). The van der Waals surface area contributed by atoms with Gasteiger partial charge in [-0.25, -0.2) is 0 Å². The summed E-state index contributed by atoms with van der Waals surface area (Å²) in [5.74, 6) is -0.385. The third kappa shape index (κ3) is 5.03. The van der Waals surface area contributed by atoms with Gasteiger partial charge >= 0.3 is 5.97 Å². The lowest BCUT2D eigenvalue weighted by atomic mass is 9.99. The first-order valence-corrected chi connectivity index (χ1v) is 11.1. The van der Waals surface area contributed by atoms with Gasteiger partial charge in [0.15, 0.2) is 0 Å². The Morgan fingerprint density at radius 3 is 2.81 bits per heavy atom. The second-order valence-corrected chi connectivity index (χ2v) is 8.32. The number of nitrogens with zero attached hydrogens (tertiary/aromatic N) is 1. The average Bonchev–Trinajstić information content (AvgIpc) is 3.26. The average molecular weight is 435 g/mol. The van der Waals surface area contributed by atoms with E-state index in [1.807, 2.05) is 18.2 Å². The summed E-state index contributed by atoms with van der Waals surface area (Å²) in [6.45, 7) is 4.01. The number of carbonyl (C=O) groups is 1. The largest absolute Gasteiger partial charge is 0.491 e. The summed E-state index contributed by atoms with van der Waals surface area (Å²) in [6.07, 6.45) is 0.911. The summed E-state index contributed by atoms with van der Waals surface area (Å²) < 4.78 is 5.52. The van der Waals surface area contributed by atoms with Gasteiger partial charge in [-0.2, -0.15) is 0 Å². The lowest BCUT2D eigenvalue weighted by molar-refractivity contribution is -0.136. The fourth-order valence-electron chi connectivity index (χ4n) is 4.56. The van der Waals surface area contributed by atoms with Crippen LogP contribution in [0.2, 0.25) is 0 Å². The Morgan fingerprint density at radius 1 is 1.19 bits per heavy atom. The maximum Gasteiger partial charge on any atom is 0.307 e. The van der Waals surface area contributed by atoms with Crippen molar-refractivity contribution in [3.8, 4) is 5.75 Å². The van der Waals surface area contributed by atoms with Crippen LogP contribution in [0, 0.1) is 0 Å². The number of carboxylic acids is 1. The minimum Gasteiger partial charge on any atom is -0.491 e. The Hall–Kier alpha value is -3.09. The number of rotatable bonds is 9. The van der Waals surface area contributed by atoms with Crippen molar-refractivity contribution in [3.63, 3.8) is 0 Å². The Balaban J connectivity index is 1.45. The monoisotopic (exact) mass is 434 g/mol. The van der Waals surface area contributed by atoms with E-state index in [2.05, 4.69) is 59.6 Å². The molecule has 0 radical (unpaired) electrons. The first kappa shape index (κ1) is 22.1. The van der Waals surface area contributed by atoms with Gasteiger partial charge in [0.05, 0.1) is 13.0 Å². The number of fused-ring (bicyclic) bond motifs is 1. The molecule has 0 saturated carbocycles. The molecule has 3 aromatic carbocycles. The fraction of sp³-hybridized carbons (Fsp3) is 0.346. The van der Waals surface area contributed by atoms with Crippen molar-refractivity contribution in [1.82, 2.24) is 5.32 Å². The molecule has 2 atom stereocenters. The molecule has 0 bridgehead atoms. The maximum atomic E-state index is 11.3. The third-order valence-corrected chi connectivity index (χ3v) is 6.06. The molecule has 168 valence electrons. The van der Waals surface area contributed by atoms with E-state index in [-0.39, 0.29) is 25.7 Å². The van der Waals surface area contributed by atoms with Crippen LogP contribution < -0.4 is 15.0 Å². The van der Waals surface area contributed by atoms with Gasteiger partial charge < -0.3 is 25.2 Å². The van der Waals surface area contributed by atoms with Crippen molar-refractivity contribution < 1.29 is 19.7 Å².